The van der Waals surface area contributed by atoms with Crippen LogP contribution in [0.3, 0.4) is 0 Å². The van der Waals surface area contributed by atoms with Crippen LogP contribution in [-0.4, -0.2) is 52.1 Å². The first kappa shape index (κ1) is 24.0. The first-order valence-electron chi connectivity index (χ1n) is 10.4. The van der Waals surface area contributed by atoms with Crippen LogP contribution in [0.4, 0.5) is 19.2 Å². The van der Waals surface area contributed by atoms with Crippen molar-refractivity contribution in [2.45, 2.75) is 24.1 Å². The summed E-state index contributed by atoms with van der Waals surface area (Å²) in [4.78, 5) is 10.1. The number of halogens is 3. The van der Waals surface area contributed by atoms with E-state index >= 15 is 0 Å². The molecule has 4 heterocycles. The normalized spacial score (nSPS) is 15.4. The lowest BCUT2D eigenvalue weighted by Gasteiger charge is -2.21. The number of alkyl halides is 3. The van der Waals surface area contributed by atoms with Crippen molar-refractivity contribution in [3.05, 3.63) is 60.2 Å². The molecule has 0 saturated carbocycles. The van der Waals surface area contributed by atoms with Crippen molar-refractivity contribution in [3.8, 4) is 16.5 Å². The van der Waals surface area contributed by atoms with Crippen molar-refractivity contribution in [2.24, 2.45) is 0 Å². The van der Waals surface area contributed by atoms with Gasteiger partial charge < -0.3 is 9.26 Å². The third-order valence-electron chi connectivity index (χ3n) is 5.24. The molecule has 10 nitrogen and oxygen atoms in total. The number of fused-ring (bicyclic) bond motifs is 1. The lowest BCUT2D eigenvalue weighted by Crippen LogP contribution is -2.23. The van der Waals surface area contributed by atoms with Crippen LogP contribution in [0.15, 0.2) is 63.8 Å². The van der Waals surface area contributed by atoms with Crippen molar-refractivity contribution >= 4 is 32.1 Å². The topological polar surface area (TPSA) is 116 Å². The fourth-order valence-corrected chi connectivity index (χ4v) is 4.80. The zero-order chi connectivity index (χ0) is 25.7. The monoisotopic (exact) mass is 538 g/mol. The highest BCUT2D eigenvalue weighted by molar-refractivity contribution is 7.90. The molecule has 0 N–H and O–H groups in total. The summed E-state index contributed by atoms with van der Waals surface area (Å²) in [5.74, 6) is -1.33. The summed E-state index contributed by atoms with van der Waals surface area (Å²) in [6, 6.07) is 6.17. The van der Waals surface area contributed by atoms with Gasteiger partial charge in [0.1, 0.15) is 6.10 Å². The summed E-state index contributed by atoms with van der Waals surface area (Å²) in [5, 5.41) is 7.73. The smallest absolute Gasteiger partial charge is 0.455 e. The number of hydrogen-bond acceptors (Lipinski definition) is 10. The third kappa shape index (κ3) is 4.83. The maximum atomic E-state index is 12.7. The van der Waals surface area contributed by atoms with Gasteiger partial charge in [-0.1, -0.05) is 18.2 Å². The second kappa shape index (κ2) is 8.74. The van der Waals surface area contributed by atoms with Crippen LogP contribution in [0.2, 0.25) is 0 Å². The van der Waals surface area contributed by atoms with Crippen LogP contribution >= 0.6 is 11.3 Å². The van der Waals surface area contributed by atoms with E-state index in [4.69, 9.17) is 9.26 Å². The van der Waals surface area contributed by atoms with E-state index in [9.17, 15) is 21.6 Å². The van der Waals surface area contributed by atoms with Crippen LogP contribution in [0, 0.1) is 0 Å². The summed E-state index contributed by atoms with van der Waals surface area (Å²) < 4.78 is 73.5. The van der Waals surface area contributed by atoms with E-state index in [2.05, 4.69) is 20.2 Å². The Morgan fingerprint density at radius 3 is 2.53 bits per heavy atom. The highest BCUT2D eigenvalue weighted by Gasteiger charge is 2.38. The standard InChI is InChI=1S/C21H17F3N6O4S2/c1-12(13-7-9-29(10-8-13)18-26-17(28-34-18)21(22,23)24)33-20-27-30-11-16(25-19(30)35-20)14-3-5-15(6-4-14)36(2,31)32/h3-9,11-12H,10H2,1-2H3/t12-/m0/s1. The lowest BCUT2D eigenvalue weighted by molar-refractivity contribution is -0.146. The molecule has 188 valence electrons. The van der Waals surface area contributed by atoms with E-state index in [0.29, 0.717) is 15.8 Å². The molecule has 0 amide bonds. The fraction of sp³-hybridized carbons (Fsp3) is 0.238. The Labute approximate surface area is 206 Å². The molecule has 1 aromatic carbocycles. The van der Waals surface area contributed by atoms with Crippen LogP contribution in [0.25, 0.3) is 16.2 Å². The van der Waals surface area contributed by atoms with Gasteiger partial charge in [-0.3, -0.25) is 4.90 Å². The maximum absolute atomic E-state index is 12.7. The van der Waals surface area contributed by atoms with Gasteiger partial charge in [0.2, 0.25) is 4.96 Å². The number of nitrogens with zero attached hydrogens (tertiary/aromatic N) is 6. The Balaban J connectivity index is 1.24. The molecule has 0 unspecified atom stereocenters. The van der Waals surface area contributed by atoms with Gasteiger partial charge in [-0.2, -0.15) is 18.2 Å². The first-order chi connectivity index (χ1) is 17.0. The molecule has 1 atom stereocenters. The SMILES string of the molecule is C[C@H](Oc1nn2cc(-c3ccc(S(C)(=O)=O)cc3)nc2s1)C1=CCN(c2nc(C(F)(F)F)no2)C=C1. The Morgan fingerprint density at radius 1 is 1.19 bits per heavy atom. The molecule has 0 radical (unpaired) electrons. The predicted octanol–water partition coefficient (Wildman–Crippen LogP) is 3.99. The third-order valence-corrected chi connectivity index (χ3v) is 7.18. The Hall–Kier alpha value is -3.72. The van der Waals surface area contributed by atoms with Crippen LogP contribution in [0.1, 0.15) is 12.7 Å². The quantitative estimate of drug-likeness (QED) is 0.359. The number of rotatable bonds is 6. The van der Waals surface area contributed by atoms with Gasteiger partial charge in [-0.15, -0.1) is 5.10 Å². The number of hydrogen-bond donors (Lipinski definition) is 0. The highest BCUT2D eigenvalue weighted by atomic mass is 32.2. The predicted molar refractivity (Wildman–Crippen MR) is 123 cm³/mol. The minimum absolute atomic E-state index is 0.224. The van der Waals surface area contributed by atoms with E-state index in [0.717, 1.165) is 17.4 Å². The Bertz CT molecular complexity index is 1550. The molecule has 1 aliphatic heterocycles. The number of benzene rings is 1. The highest BCUT2D eigenvalue weighted by Crippen LogP contribution is 2.30. The van der Waals surface area contributed by atoms with Crippen LogP contribution in [-0.2, 0) is 16.0 Å². The molecule has 36 heavy (non-hydrogen) atoms. The molecule has 0 fully saturated rings. The van der Waals surface area contributed by atoms with E-state index < -0.39 is 27.9 Å². The van der Waals surface area contributed by atoms with Crippen molar-refractivity contribution in [2.75, 3.05) is 17.7 Å². The van der Waals surface area contributed by atoms with E-state index in [1.807, 2.05) is 6.92 Å². The van der Waals surface area contributed by atoms with Gasteiger partial charge >= 0.3 is 12.2 Å². The van der Waals surface area contributed by atoms with Gasteiger partial charge in [0, 0.05) is 24.6 Å². The van der Waals surface area contributed by atoms with E-state index in [1.54, 1.807) is 41.2 Å². The lowest BCUT2D eigenvalue weighted by atomic mass is 10.1. The summed E-state index contributed by atoms with van der Waals surface area (Å²) >= 11 is 1.24. The zero-order valence-electron chi connectivity index (χ0n) is 18.7. The summed E-state index contributed by atoms with van der Waals surface area (Å²) in [7, 11) is -3.28. The zero-order valence-corrected chi connectivity index (χ0v) is 20.3. The average molecular weight is 539 g/mol. The molecule has 15 heteroatoms. The van der Waals surface area contributed by atoms with Crippen molar-refractivity contribution in [1.29, 1.82) is 0 Å². The first-order valence-corrected chi connectivity index (χ1v) is 13.1. The van der Waals surface area contributed by atoms with E-state index in [1.165, 1.54) is 28.4 Å². The van der Waals surface area contributed by atoms with Crippen molar-refractivity contribution in [1.82, 2.24) is 24.7 Å². The molecule has 0 bridgehead atoms. The second-order valence-corrected chi connectivity index (χ2v) is 10.8. The van der Waals surface area contributed by atoms with Gasteiger partial charge in [0.15, 0.2) is 9.84 Å². The molecule has 0 saturated heterocycles. The molecular weight excluding hydrogens is 521 g/mol. The van der Waals surface area contributed by atoms with Gasteiger partial charge in [0.05, 0.1) is 16.8 Å². The number of sulfone groups is 1. The maximum Gasteiger partial charge on any atom is 0.455 e. The van der Waals surface area contributed by atoms with Crippen molar-refractivity contribution < 1.29 is 30.8 Å². The summed E-state index contributed by atoms with van der Waals surface area (Å²) in [6.07, 6.45) is 2.80. The molecule has 3 aromatic heterocycles. The largest absolute Gasteiger partial charge is 0.461 e. The molecule has 4 aromatic rings. The number of aromatic nitrogens is 5. The fourth-order valence-electron chi connectivity index (χ4n) is 3.36. The van der Waals surface area contributed by atoms with Gasteiger partial charge in [-0.25, -0.2) is 17.9 Å². The van der Waals surface area contributed by atoms with Gasteiger partial charge in [-0.05, 0) is 47.2 Å². The minimum atomic E-state index is -4.68. The van der Waals surface area contributed by atoms with Crippen molar-refractivity contribution in [3.63, 3.8) is 0 Å². The Morgan fingerprint density at radius 2 is 1.94 bits per heavy atom. The van der Waals surface area contributed by atoms with Gasteiger partial charge in [0.25, 0.3) is 11.0 Å². The van der Waals surface area contributed by atoms with Crippen LogP contribution in [0.5, 0.6) is 5.19 Å². The Kier molecular flexibility index (Phi) is 5.83. The number of imidazole rings is 1. The summed E-state index contributed by atoms with van der Waals surface area (Å²) in [6.45, 7) is 2.04. The van der Waals surface area contributed by atoms with E-state index in [-0.39, 0.29) is 17.5 Å². The van der Waals surface area contributed by atoms with Crippen LogP contribution < -0.4 is 9.64 Å². The number of ether oxygens (including phenoxy) is 1. The second-order valence-electron chi connectivity index (χ2n) is 7.85. The molecular formula is C21H17F3N6O4S2. The summed E-state index contributed by atoms with van der Waals surface area (Å²) in [5.41, 5.74) is 2.18. The molecule has 0 spiro atoms. The minimum Gasteiger partial charge on any atom is -0.461 e. The number of anilines is 1. The molecule has 0 aliphatic carbocycles. The molecule has 5 rings (SSSR count). The molecule has 1 aliphatic rings. The average Bonchev–Trinajstić information content (AvgIpc) is 3.54.